The lowest BCUT2D eigenvalue weighted by Crippen LogP contribution is -2.39. The predicted molar refractivity (Wildman–Crippen MR) is 344 cm³/mol. The molecule has 23 nitrogen and oxygen atoms in total. The largest absolute Gasteiger partial charge is 0.508 e. The number of aliphatic hydroxyl groups excluding tert-OH is 2. The van der Waals surface area contributed by atoms with Crippen LogP contribution >= 0.6 is 68.0 Å². The Kier molecular flexibility index (Phi) is 18.9. The van der Waals surface area contributed by atoms with E-state index < -0.39 is 76.9 Å². The fourth-order valence-electron chi connectivity index (χ4n) is 9.81. The second-order valence-electron chi connectivity index (χ2n) is 21.3. The number of hydrogen-bond donors (Lipinski definition) is 8. The summed E-state index contributed by atoms with van der Waals surface area (Å²) >= 11 is 6.95. The lowest BCUT2D eigenvalue weighted by molar-refractivity contribution is -0.126. The van der Waals surface area contributed by atoms with Crippen LogP contribution in [0.1, 0.15) is 123 Å². The number of rotatable bonds is 14. The van der Waals surface area contributed by atoms with Crippen LogP contribution in [-0.4, -0.2) is 104 Å². The average molecular weight is 1340 g/mol. The van der Waals surface area contributed by atoms with Crippen molar-refractivity contribution in [1.29, 1.82) is 0 Å². The van der Waals surface area contributed by atoms with Gasteiger partial charge in [0.05, 0.1) is 40.8 Å². The highest BCUT2D eigenvalue weighted by Gasteiger charge is 2.40. The number of nitrogens with two attached hydrogens (primary N) is 1. The van der Waals surface area contributed by atoms with Crippen molar-refractivity contribution in [1.82, 2.24) is 56.2 Å². The SMILES string of the molecule is C=C(O)C(=C)NC(=O)C(=C)NC(=O)c1csc(-c2ccc3c(n2)-c2csc(n2)-c2csc(n2)C(C(C)C2CO2)NC(=O)C(Cc2ccc(O)cc2)CC(=O)c2csc(n2)C(C(O)c2ccccc2)NC(=O)c2nc(sc2C)C(CC(N)=O)CC(=O)c2csc-3n2)n1. The van der Waals surface area contributed by atoms with Crippen LogP contribution in [0, 0.1) is 18.8 Å². The minimum atomic E-state index is -1.38. The van der Waals surface area contributed by atoms with Crippen LogP contribution in [0.3, 0.4) is 0 Å². The fourth-order valence-corrected chi connectivity index (χ4v) is 15.2. The van der Waals surface area contributed by atoms with Crippen LogP contribution in [0.5, 0.6) is 5.75 Å². The van der Waals surface area contributed by atoms with Crippen LogP contribution < -0.4 is 27.0 Å². The summed E-state index contributed by atoms with van der Waals surface area (Å²) in [7, 11) is 0. The number of Topliss-reactive ketones (excluding diaryl/α,β-unsaturated/α-hetero) is 2. The second-order valence-corrected chi connectivity index (χ2v) is 26.9. The van der Waals surface area contributed by atoms with Gasteiger partial charge in [0, 0.05) is 74.4 Å². The minimum Gasteiger partial charge on any atom is -0.508 e. The highest BCUT2D eigenvalue weighted by molar-refractivity contribution is 7.15. The first-order chi connectivity index (χ1) is 43.6. The molecular formula is C62H54N12O11S6. The number of epoxide rings is 1. The molecule has 2 aliphatic heterocycles. The number of fused-ring (bicyclic) bond motifs is 14. The molecule has 9 N–H and O–H groups in total. The van der Waals surface area contributed by atoms with Gasteiger partial charge in [-0.05, 0) is 48.7 Å². The summed E-state index contributed by atoms with van der Waals surface area (Å²) in [5.74, 6) is -7.09. The van der Waals surface area contributed by atoms with E-state index in [1.165, 1.54) is 45.6 Å². The molecule has 7 atom stereocenters. The lowest BCUT2D eigenvalue weighted by Gasteiger charge is -2.25. The summed E-state index contributed by atoms with van der Waals surface area (Å²) < 4.78 is 5.77. The summed E-state index contributed by atoms with van der Waals surface area (Å²) in [6, 6.07) is 16.4. The molecule has 1 fully saturated rings. The number of nitrogens with zero attached hydrogens (tertiary/aromatic N) is 7. The Morgan fingerprint density at radius 1 is 0.681 bits per heavy atom. The van der Waals surface area contributed by atoms with Gasteiger partial charge in [-0.3, -0.25) is 33.6 Å². The van der Waals surface area contributed by atoms with E-state index in [9.17, 15) is 48.9 Å². The normalized spacial score (nSPS) is 18.4. The molecule has 0 radical (unpaired) electrons. The first-order valence-electron chi connectivity index (χ1n) is 27.9. The van der Waals surface area contributed by atoms with Gasteiger partial charge in [-0.15, -0.1) is 68.0 Å². The molecule has 91 heavy (non-hydrogen) atoms. The summed E-state index contributed by atoms with van der Waals surface area (Å²) in [5, 5.41) is 52.9. The van der Waals surface area contributed by atoms with Gasteiger partial charge in [0.25, 0.3) is 17.7 Å². The number of ether oxygens (including phenoxy) is 1. The number of hydrogen-bond acceptors (Lipinski definition) is 24. The molecule has 29 heteroatoms. The topological polar surface area (TPSA) is 357 Å². The number of primary amides is 1. The summed E-state index contributed by atoms with van der Waals surface area (Å²) in [4.78, 5) is 131. The number of amides is 5. The third kappa shape index (κ3) is 14.5. The Balaban J connectivity index is 0.984. The first kappa shape index (κ1) is 63.4. The number of thiazole rings is 6. The standard InChI is InChI=1S/C62H54N12O11S6/c1-27(46-21-85-46)48-61-71-43(26-90-61)60-69-41(24-87-60)50-37(15-16-38(66-50)59-70-42(25-88-59)55(83)65-29(3)53(81)64-28(2)30(4)75)58-67-39(22-86-58)45(78)19-35(20-47(63)79)57-74-49(31(5)91-57)56(84)73-51(52(80)33-9-7-6-8-10-33)62-68-40(23-89-62)44(77)18-34(54(82)72-48)17-32-11-13-36(76)14-12-32/h6-16,22-27,34-35,46,48,51-52,75-76,80H,2-4,17-21H2,1,5H3,(H2,63,79)(H,64,81)(H,65,83)(H,72,82)(H,73,84). The van der Waals surface area contributed by atoms with Crippen molar-refractivity contribution in [2.45, 2.75) is 69.7 Å². The molecule has 10 bridgehead atoms. The van der Waals surface area contributed by atoms with E-state index >= 15 is 0 Å². The maximum Gasteiger partial charge on any atom is 0.275 e. The van der Waals surface area contributed by atoms with E-state index in [2.05, 4.69) is 51.0 Å². The molecule has 2 aliphatic rings. The van der Waals surface area contributed by atoms with Gasteiger partial charge in [0.15, 0.2) is 11.6 Å². The number of aromatic nitrogens is 7. The number of carbonyl (C=O) groups excluding carboxylic acids is 7. The number of pyridine rings is 1. The highest BCUT2D eigenvalue weighted by atomic mass is 32.1. The highest BCUT2D eigenvalue weighted by Crippen LogP contribution is 2.41. The molecular weight excluding hydrogens is 1280 g/mol. The Morgan fingerprint density at radius 3 is 2.02 bits per heavy atom. The molecule has 0 aliphatic carbocycles. The average Bonchev–Trinajstić information content (AvgIpc) is 1.71. The molecule has 0 saturated carbocycles. The Morgan fingerprint density at radius 2 is 1.31 bits per heavy atom. The minimum absolute atomic E-state index is 0.00713. The number of aryl methyl sites for hydroxylation is 1. The zero-order valence-electron chi connectivity index (χ0n) is 48.2. The van der Waals surface area contributed by atoms with Crippen LogP contribution in [0.25, 0.3) is 43.4 Å². The molecule has 9 aromatic rings. The number of aromatic hydroxyl groups is 1. The van der Waals surface area contributed by atoms with Crippen molar-refractivity contribution in [2.24, 2.45) is 17.6 Å². The van der Waals surface area contributed by atoms with Gasteiger partial charge in [0.1, 0.15) is 88.6 Å². The molecule has 464 valence electrons. The number of ketones is 2. The third-order valence-electron chi connectivity index (χ3n) is 14.8. The van der Waals surface area contributed by atoms with Crippen LogP contribution in [0.2, 0.25) is 0 Å². The number of aliphatic hydroxyl groups is 2. The smallest absolute Gasteiger partial charge is 0.275 e. The Labute approximate surface area is 542 Å². The zero-order valence-corrected chi connectivity index (χ0v) is 53.1. The van der Waals surface area contributed by atoms with E-state index in [1.54, 1.807) is 72.3 Å². The van der Waals surface area contributed by atoms with Crippen molar-refractivity contribution >= 4 is 109 Å². The number of phenolic OH excluding ortho intramolecular Hbond substituents is 1. The van der Waals surface area contributed by atoms with Crippen LogP contribution in [0.4, 0.5) is 0 Å². The number of benzene rings is 2. The van der Waals surface area contributed by atoms with E-state index in [1.807, 2.05) is 12.3 Å². The molecule has 0 spiro atoms. The lowest BCUT2D eigenvalue weighted by atomic mass is 9.91. The number of carbonyl (C=O) groups is 7. The van der Waals surface area contributed by atoms with Crippen molar-refractivity contribution in [3.63, 3.8) is 0 Å². The van der Waals surface area contributed by atoms with E-state index in [4.69, 9.17) is 35.4 Å². The third-order valence-corrected chi connectivity index (χ3v) is 20.4. The zero-order chi connectivity index (χ0) is 64.4. The van der Waals surface area contributed by atoms with Gasteiger partial charge in [-0.25, -0.2) is 34.9 Å². The predicted octanol–water partition coefficient (Wildman–Crippen LogP) is 9.52. The quantitative estimate of drug-likeness (QED) is 0.0217. The van der Waals surface area contributed by atoms with Gasteiger partial charge < -0.3 is 47.1 Å². The van der Waals surface area contributed by atoms with E-state index in [-0.39, 0.29) is 87.6 Å². The first-order valence-corrected chi connectivity index (χ1v) is 33.1. The van der Waals surface area contributed by atoms with Crippen LogP contribution in [-0.2, 0) is 25.5 Å². The number of nitrogens with one attached hydrogen (secondary N) is 4. The molecule has 11 rings (SSSR count). The van der Waals surface area contributed by atoms with E-state index in [0.29, 0.717) is 71.0 Å². The monoisotopic (exact) mass is 1330 g/mol. The fraction of sp³-hybridized carbons (Fsp3) is 0.226. The molecule has 5 amide bonds. The van der Waals surface area contributed by atoms with Crippen LogP contribution in [0.15, 0.2) is 131 Å². The summed E-state index contributed by atoms with van der Waals surface area (Å²) in [6.07, 6.45) is -2.41. The van der Waals surface area contributed by atoms with Crippen molar-refractivity contribution in [2.75, 3.05) is 6.61 Å². The van der Waals surface area contributed by atoms with Gasteiger partial charge in [-0.1, -0.05) is 69.1 Å². The molecule has 7 unspecified atom stereocenters. The number of phenols is 1. The van der Waals surface area contributed by atoms with Crippen molar-refractivity contribution in [3.05, 3.63) is 184 Å². The second kappa shape index (κ2) is 27.1. The Hall–Kier alpha value is -9.20. The van der Waals surface area contributed by atoms with E-state index in [0.717, 1.165) is 45.3 Å². The molecule has 9 heterocycles. The molecule has 7 aromatic heterocycles. The molecule has 2 aromatic carbocycles. The Bertz CT molecular complexity index is 4350. The van der Waals surface area contributed by atoms with Gasteiger partial charge in [0.2, 0.25) is 11.8 Å². The molecule has 1 saturated heterocycles. The van der Waals surface area contributed by atoms with Crippen molar-refractivity contribution < 1.29 is 53.6 Å². The van der Waals surface area contributed by atoms with Gasteiger partial charge >= 0.3 is 0 Å². The maximum atomic E-state index is 14.9. The van der Waals surface area contributed by atoms with Gasteiger partial charge in [-0.2, -0.15) is 0 Å². The summed E-state index contributed by atoms with van der Waals surface area (Å²) in [5.41, 5.74) is 8.24. The van der Waals surface area contributed by atoms with Crippen molar-refractivity contribution in [3.8, 4) is 49.1 Å². The maximum absolute atomic E-state index is 14.9. The summed E-state index contributed by atoms with van der Waals surface area (Å²) in [6.45, 7) is 14.5.